The van der Waals surface area contributed by atoms with Crippen molar-refractivity contribution < 1.29 is 13.2 Å². The fraction of sp³-hybridized carbons (Fsp3) is 0.381. The zero-order chi connectivity index (χ0) is 19.3. The van der Waals surface area contributed by atoms with Crippen LogP contribution in [0.15, 0.2) is 59.5 Å². The Morgan fingerprint density at radius 3 is 2.48 bits per heavy atom. The quantitative estimate of drug-likeness (QED) is 0.829. The van der Waals surface area contributed by atoms with Gasteiger partial charge in [-0.15, -0.1) is 0 Å². The Bertz CT molecular complexity index is 862. The molecule has 2 aromatic carbocycles. The van der Waals surface area contributed by atoms with E-state index in [1.807, 2.05) is 30.1 Å². The number of piperidine rings is 1. The number of carbonyl (C=O) groups is 1. The highest BCUT2D eigenvalue weighted by atomic mass is 32.2. The van der Waals surface area contributed by atoms with E-state index in [-0.39, 0.29) is 16.6 Å². The maximum absolute atomic E-state index is 12.8. The monoisotopic (exact) mass is 386 g/mol. The number of carbonyl (C=O) groups excluding carboxylic acids is 1. The minimum absolute atomic E-state index is 0.0252. The molecule has 0 bridgehead atoms. The minimum Gasteiger partial charge on any atom is -0.338 e. The molecule has 1 unspecified atom stereocenters. The maximum Gasteiger partial charge on any atom is 0.253 e. The van der Waals surface area contributed by atoms with Crippen LogP contribution in [-0.4, -0.2) is 45.9 Å². The molecular formula is C21H26N2O3S. The Balaban J connectivity index is 1.70. The van der Waals surface area contributed by atoms with E-state index in [9.17, 15) is 13.2 Å². The van der Waals surface area contributed by atoms with E-state index < -0.39 is 9.84 Å². The molecule has 1 aliphatic heterocycles. The van der Waals surface area contributed by atoms with Crippen LogP contribution in [0.3, 0.4) is 0 Å². The van der Waals surface area contributed by atoms with Gasteiger partial charge in [0.25, 0.3) is 5.91 Å². The molecule has 1 N–H and O–H groups in total. The van der Waals surface area contributed by atoms with Gasteiger partial charge in [0, 0.05) is 18.7 Å². The molecule has 1 heterocycles. The first kappa shape index (κ1) is 19.6. The smallest absolute Gasteiger partial charge is 0.253 e. The van der Waals surface area contributed by atoms with Crippen molar-refractivity contribution in [1.29, 1.82) is 0 Å². The lowest BCUT2D eigenvalue weighted by molar-refractivity contribution is 0.0674. The van der Waals surface area contributed by atoms with Crippen LogP contribution < -0.4 is 5.32 Å². The number of benzene rings is 2. The third-order valence-corrected chi connectivity index (χ3v) is 6.66. The molecule has 2 aromatic rings. The minimum atomic E-state index is -3.43. The summed E-state index contributed by atoms with van der Waals surface area (Å²) in [5, 5.41) is 3.18. The molecule has 0 spiro atoms. The van der Waals surface area contributed by atoms with Crippen molar-refractivity contribution in [2.24, 2.45) is 5.92 Å². The Morgan fingerprint density at radius 2 is 1.81 bits per heavy atom. The van der Waals surface area contributed by atoms with Crippen molar-refractivity contribution in [2.75, 3.05) is 26.7 Å². The second-order valence-corrected chi connectivity index (χ2v) is 9.08. The highest BCUT2D eigenvalue weighted by molar-refractivity contribution is 7.90. The van der Waals surface area contributed by atoms with Crippen LogP contribution in [0.5, 0.6) is 0 Å². The van der Waals surface area contributed by atoms with Crippen LogP contribution in [0.4, 0.5) is 0 Å². The maximum atomic E-state index is 12.8. The lowest BCUT2D eigenvalue weighted by Gasteiger charge is -2.32. The number of hydrogen-bond acceptors (Lipinski definition) is 4. The molecule has 1 atom stereocenters. The first-order chi connectivity index (χ1) is 13.0. The molecule has 1 saturated heterocycles. The van der Waals surface area contributed by atoms with Gasteiger partial charge in [-0.05, 0) is 62.2 Å². The summed E-state index contributed by atoms with van der Waals surface area (Å²) >= 11 is 0. The number of rotatable bonds is 6. The summed E-state index contributed by atoms with van der Waals surface area (Å²) in [6, 6.07) is 15.4. The average molecular weight is 387 g/mol. The first-order valence-corrected chi connectivity index (χ1v) is 11.0. The molecule has 1 fully saturated rings. The Morgan fingerprint density at radius 1 is 1.11 bits per heavy atom. The molecule has 5 nitrogen and oxygen atoms in total. The predicted octanol–water partition coefficient (Wildman–Crippen LogP) is 2.73. The molecule has 1 amide bonds. The highest BCUT2D eigenvalue weighted by Gasteiger charge is 2.24. The van der Waals surface area contributed by atoms with Gasteiger partial charge in [0.05, 0.1) is 10.6 Å². The van der Waals surface area contributed by atoms with E-state index >= 15 is 0 Å². The van der Waals surface area contributed by atoms with Crippen LogP contribution in [-0.2, 0) is 15.6 Å². The van der Waals surface area contributed by atoms with E-state index in [0.29, 0.717) is 11.5 Å². The van der Waals surface area contributed by atoms with E-state index in [1.54, 1.807) is 36.4 Å². The number of hydrogen-bond donors (Lipinski definition) is 1. The lowest BCUT2D eigenvalue weighted by atomic mass is 9.97. The molecule has 0 aliphatic carbocycles. The zero-order valence-electron chi connectivity index (χ0n) is 15.6. The van der Waals surface area contributed by atoms with Crippen molar-refractivity contribution in [1.82, 2.24) is 10.2 Å². The summed E-state index contributed by atoms with van der Waals surface area (Å²) in [6.07, 6.45) is 2.13. The molecule has 0 radical (unpaired) electrons. The average Bonchev–Trinajstić information content (AvgIpc) is 2.68. The molecule has 1 aliphatic rings. The van der Waals surface area contributed by atoms with Crippen molar-refractivity contribution in [3.05, 3.63) is 65.7 Å². The largest absolute Gasteiger partial charge is 0.338 e. The summed E-state index contributed by atoms with van der Waals surface area (Å²) in [5.41, 5.74) is 1.29. The number of sulfone groups is 1. The zero-order valence-corrected chi connectivity index (χ0v) is 16.4. The summed E-state index contributed by atoms with van der Waals surface area (Å²) in [7, 11) is -1.50. The standard InChI is InChI=1S/C21H26N2O3S/c1-22-14-18-8-5-13-23(15-18)21(24)19-9-11-20(12-10-19)27(25,26)16-17-6-3-2-4-7-17/h2-4,6-7,9-12,18,22H,5,8,13-16H2,1H3. The Labute approximate surface area is 161 Å². The van der Waals surface area contributed by atoms with E-state index in [2.05, 4.69) is 5.32 Å². The SMILES string of the molecule is CNCC1CCCN(C(=O)c2ccc(S(=O)(=O)Cc3ccccc3)cc2)C1. The Kier molecular flexibility index (Phi) is 6.29. The van der Waals surface area contributed by atoms with Gasteiger partial charge in [-0.25, -0.2) is 8.42 Å². The molecule has 0 saturated carbocycles. The summed E-state index contributed by atoms with van der Waals surface area (Å²) in [6.45, 7) is 2.40. The van der Waals surface area contributed by atoms with Gasteiger partial charge in [0.2, 0.25) is 0 Å². The van der Waals surface area contributed by atoms with E-state index in [0.717, 1.165) is 38.0 Å². The van der Waals surface area contributed by atoms with Crippen molar-refractivity contribution in [3.63, 3.8) is 0 Å². The van der Waals surface area contributed by atoms with Gasteiger partial charge in [-0.2, -0.15) is 0 Å². The second kappa shape index (κ2) is 8.67. The highest BCUT2D eigenvalue weighted by Crippen LogP contribution is 2.21. The molecular weight excluding hydrogens is 360 g/mol. The molecule has 3 rings (SSSR count). The van der Waals surface area contributed by atoms with Crippen LogP contribution in [0.1, 0.15) is 28.8 Å². The normalized spacial score (nSPS) is 17.7. The van der Waals surface area contributed by atoms with Gasteiger partial charge in [0.1, 0.15) is 0 Å². The summed E-state index contributed by atoms with van der Waals surface area (Å²) in [4.78, 5) is 14.9. The van der Waals surface area contributed by atoms with E-state index in [4.69, 9.17) is 0 Å². The third kappa shape index (κ3) is 4.96. The van der Waals surface area contributed by atoms with Gasteiger partial charge in [-0.1, -0.05) is 30.3 Å². The fourth-order valence-corrected chi connectivity index (χ4v) is 4.92. The summed E-state index contributed by atoms with van der Waals surface area (Å²) < 4.78 is 25.2. The number of likely N-dealkylation sites (tertiary alicyclic amines) is 1. The molecule has 27 heavy (non-hydrogen) atoms. The Hall–Kier alpha value is -2.18. The fourth-order valence-electron chi connectivity index (χ4n) is 3.57. The van der Waals surface area contributed by atoms with Gasteiger partial charge in [-0.3, -0.25) is 4.79 Å². The first-order valence-electron chi connectivity index (χ1n) is 9.30. The predicted molar refractivity (Wildman–Crippen MR) is 106 cm³/mol. The van der Waals surface area contributed by atoms with Crippen molar-refractivity contribution >= 4 is 15.7 Å². The topological polar surface area (TPSA) is 66.5 Å². The van der Waals surface area contributed by atoms with E-state index in [1.165, 1.54) is 0 Å². The second-order valence-electron chi connectivity index (χ2n) is 7.09. The summed E-state index contributed by atoms with van der Waals surface area (Å²) in [5.74, 6) is 0.403. The van der Waals surface area contributed by atoms with Crippen LogP contribution in [0, 0.1) is 5.92 Å². The number of nitrogens with zero attached hydrogens (tertiary/aromatic N) is 1. The molecule has 6 heteroatoms. The molecule has 144 valence electrons. The van der Waals surface area contributed by atoms with Crippen molar-refractivity contribution in [3.8, 4) is 0 Å². The van der Waals surface area contributed by atoms with Crippen LogP contribution in [0.2, 0.25) is 0 Å². The number of nitrogens with one attached hydrogen (secondary N) is 1. The lowest BCUT2D eigenvalue weighted by Crippen LogP contribution is -2.42. The van der Waals surface area contributed by atoms with Crippen molar-refractivity contribution in [2.45, 2.75) is 23.5 Å². The van der Waals surface area contributed by atoms with Gasteiger partial charge in [0.15, 0.2) is 9.84 Å². The van der Waals surface area contributed by atoms with Crippen LogP contribution >= 0.6 is 0 Å². The van der Waals surface area contributed by atoms with Gasteiger partial charge >= 0.3 is 0 Å². The molecule has 0 aromatic heterocycles. The number of amides is 1. The third-order valence-electron chi connectivity index (χ3n) is 4.96. The van der Waals surface area contributed by atoms with Crippen LogP contribution in [0.25, 0.3) is 0 Å². The van der Waals surface area contributed by atoms with Gasteiger partial charge < -0.3 is 10.2 Å².